The first-order valence-electron chi connectivity index (χ1n) is 6.47. The van der Waals surface area contributed by atoms with Gasteiger partial charge in [0.25, 0.3) is 0 Å². The Morgan fingerprint density at radius 3 is 2.65 bits per heavy atom. The highest BCUT2D eigenvalue weighted by atomic mass is 35.5. The zero-order valence-corrected chi connectivity index (χ0v) is 12.5. The largest absolute Gasteiger partial charge is 0.349 e. The summed E-state index contributed by atoms with van der Waals surface area (Å²) in [6.07, 6.45) is 1.59. The number of benzene rings is 1. The predicted octanol–water partition coefficient (Wildman–Crippen LogP) is 2.95. The van der Waals surface area contributed by atoms with Gasteiger partial charge in [-0.05, 0) is 44.6 Å². The zero-order valence-electron chi connectivity index (χ0n) is 11.7. The fourth-order valence-corrected chi connectivity index (χ4v) is 1.87. The molecule has 1 aromatic carbocycles. The molecule has 1 atom stereocenters. The Morgan fingerprint density at radius 2 is 2.05 bits per heavy atom. The SMILES string of the molecule is CCC(NC(=O)CCCNC)c1cc(F)ccc1F.Cl. The van der Waals surface area contributed by atoms with Crippen molar-refractivity contribution in [3.8, 4) is 0 Å². The van der Waals surface area contributed by atoms with Gasteiger partial charge in [-0.2, -0.15) is 0 Å². The van der Waals surface area contributed by atoms with Crippen molar-refractivity contribution < 1.29 is 13.6 Å². The van der Waals surface area contributed by atoms with Crippen LogP contribution in [0.3, 0.4) is 0 Å². The molecule has 1 unspecified atom stereocenters. The lowest BCUT2D eigenvalue weighted by Crippen LogP contribution is -2.29. The van der Waals surface area contributed by atoms with Crippen LogP contribution in [0.1, 0.15) is 37.8 Å². The summed E-state index contributed by atoms with van der Waals surface area (Å²) in [6, 6.07) is 2.80. The molecule has 1 amide bonds. The second-order valence-electron chi connectivity index (χ2n) is 4.40. The topological polar surface area (TPSA) is 41.1 Å². The maximum absolute atomic E-state index is 13.6. The van der Waals surface area contributed by atoms with Crippen molar-refractivity contribution in [2.75, 3.05) is 13.6 Å². The van der Waals surface area contributed by atoms with Crippen LogP contribution < -0.4 is 10.6 Å². The Morgan fingerprint density at radius 1 is 1.35 bits per heavy atom. The molecule has 114 valence electrons. The van der Waals surface area contributed by atoms with Gasteiger partial charge in [-0.1, -0.05) is 6.92 Å². The molecule has 0 aliphatic rings. The first-order chi connectivity index (χ1) is 9.08. The maximum atomic E-state index is 13.6. The molecule has 2 N–H and O–H groups in total. The standard InChI is InChI=1S/C14H20F2N2O.ClH/c1-3-13(18-14(19)5-4-8-17-2)11-9-10(15)6-7-12(11)16;/h6-7,9,13,17H,3-5,8H2,1-2H3,(H,18,19);1H. The number of carbonyl (C=O) groups is 1. The lowest BCUT2D eigenvalue weighted by Gasteiger charge is -2.18. The molecule has 0 saturated carbocycles. The molecule has 0 heterocycles. The van der Waals surface area contributed by atoms with Crippen LogP contribution in [0.2, 0.25) is 0 Å². The fourth-order valence-electron chi connectivity index (χ4n) is 1.87. The van der Waals surface area contributed by atoms with Gasteiger partial charge in [0.1, 0.15) is 11.6 Å². The highest BCUT2D eigenvalue weighted by Gasteiger charge is 2.17. The van der Waals surface area contributed by atoms with E-state index in [4.69, 9.17) is 0 Å². The van der Waals surface area contributed by atoms with Crippen LogP contribution in [0.5, 0.6) is 0 Å². The van der Waals surface area contributed by atoms with Crippen LogP contribution in [0, 0.1) is 11.6 Å². The molecule has 0 fully saturated rings. The fraction of sp³-hybridized carbons (Fsp3) is 0.500. The monoisotopic (exact) mass is 306 g/mol. The van der Waals surface area contributed by atoms with Crippen molar-refractivity contribution in [1.82, 2.24) is 10.6 Å². The molecule has 1 rings (SSSR count). The van der Waals surface area contributed by atoms with E-state index in [2.05, 4.69) is 10.6 Å². The highest BCUT2D eigenvalue weighted by Crippen LogP contribution is 2.21. The summed E-state index contributed by atoms with van der Waals surface area (Å²) >= 11 is 0. The van der Waals surface area contributed by atoms with E-state index in [-0.39, 0.29) is 23.9 Å². The third-order valence-corrected chi connectivity index (χ3v) is 2.91. The summed E-state index contributed by atoms with van der Waals surface area (Å²) in [5, 5.41) is 5.69. The Kier molecular flexibility index (Phi) is 9.08. The second kappa shape index (κ2) is 9.66. The van der Waals surface area contributed by atoms with E-state index in [1.54, 1.807) is 0 Å². The quantitative estimate of drug-likeness (QED) is 0.761. The average molecular weight is 307 g/mol. The highest BCUT2D eigenvalue weighted by molar-refractivity contribution is 5.85. The Labute approximate surface area is 124 Å². The van der Waals surface area contributed by atoms with Crippen LogP contribution in [-0.4, -0.2) is 19.5 Å². The third kappa shape index (κ3) is 5.84. The van der Waals surface area contributed by atoms with Crippen molar-refractivity contribution in [2.24, 2.45) is 0 Å². The zero-order chi connectivity index (χ0) is 14.3. The molecular formula is C14H21ClF2N2O. The lowest BCUT2D eigenvalue weighted by molar-refractivity contribution is -0.122. The van der Waals surface area contributed by atoms with Gasteiger partial charge >= 0.3 is 0 Å². The molecule has 0 spiro atoms. The van der Waals surface area contributed by atoms with E-state index in [0.717, 1.165) is 24.7 Å². The van der Waals surface area contributed by atoms with Crippen molar-refractivity contribution in [3.05, 3.63) is 35.4 Å². The number of amides is 1. The van der Waals surface area contributed by atoms with E-state index in [1.165, 1.54) is 0 Å². The summed E-state index contributed by atoms with van der Waals surface area (Å²) in [7, 11) is 1.81. The molecule has 3 nitrogen and oxygen atoms in total. The minimum Gasteiger partial charge on any atom is -0.349 e. The molecule has 1 aromatic rings. The van der Waals surface area contributed by atoms with Gasteiger partial charge in [0.05, 0.1) is 6.04 Å². The summed E-state index contributed by atoms with van der Waals surface area (Å²) < 4.78 is 26.8. The van der Waals surface area contributed by atoms with Crippen LogP contribution in [0.15, 0.2) is 18.2 Å². The number of hydrogen-bond acceptors (Lipinski definition) is 2. The lowest BCUT2D eigenvalue weighted by atomic mass is 10.0. The minimum atomic E-state index is -0.501. The molecule has 0 aliphatic heterocycles. The van der Waals surface area contributed by atoms with E-state index in [1.807, 2.05) is 14.0 Å². The van der Waals surface area contributed by atoms with Crippen molar-refractivity contribution in [1.29, 1.82) is 0 Å². The molecule has 6 heteroatoms. The van der Waals surface area contributed by atoms with Gasteiger partial charge in [0.15, 0.2) is 0 Å². The smallest absolute Gasteiger partial charge is 0.220 e. The van der Waals surface area contributed by atoms with Gasteiger partial charge in [-0.3, -0.25) is 4.79 Å². The average Bonchev–Trinajstić information content (AvgIpc) is 2.39. The van der Waals surface area contributed by atoms with Gasteiger partial charge in [-0.25, -0.2) is 8.78 Å². The van der Waals surface area contributed by atoms with Crippen molar-refractivity contribution in [3.63, 3.8) is 0 Å². The molecular weight excluding hydrogens is 286 g/mol. The summed E-state index contributed by atoms with van der Waals surface area (Å²) in [5.41, 5.74) is 0.199. The first-order valence-corrected chi connectivity index (χ1v) is 6.47. The van der Waals surface area contributed by atoms with Crippen LogP contribution in [-0.2, 0) is 4.79 Å². The first kappa shape index (κ1) is 18.8. The van der Waals surface area contributed by atoms with Gasteiger partial charge in [0, 0.05) is 12.0 Å². The van der Waals surface area contributed by atoms with Crippen LogP contribution >= 0.6 is 12.4 Å². The van der Waals surface area contributed by atoms with Crippen LogP contribution in [0.4, 0.5) is 8.78 Å². The Bertz CT molecular complexity index is 430. The summed E-state index contributed by atoms with van der Waals surface area (Å²) in [6.45, 7) is 2.57. The van der Waals surface area contributed by atoms with E-state index < -0.39 is 17.7 Å². The van der Waals surface area contributed by atoms with Gasteiger partial charge < -0.3 is 10.6 Å². The number of nitrogens with one attached hydrogen (secondary N) is 2. The second-order valence-corrected chi connectivity index (χ2v) is 4.40. The number of rotatable bonds is 7. The summed E-state index contributed by atoms with van der Waals surface area (Å²) in [5.74, 6) is -1.14. The molecule has 0 radical (unpaired) electrons. The number of halogens is 3. The number of carbonyl (C=O) groups excluding carboxylic acids is 1. The maximum Gasteiger partial charge on any atom is 0.220 e. The van der Waals surface area contributed by atoms with E-state index in [9.17, 15) is 13.6 Å². The number of hydrogen-bond donors (Lipinski definition) is 2. The third-order valence-electron chi connectivity index (χ3n) is 2.91. The van der Waals surface area contributed by atoms with Gasteiger partial charge in [-0.15, -0.1) is 12.4 Å². The Hall–Kier alpha value is -1.20. The van der Waals surface area contributed by atoms with Crippen molar-refractivity contribution in [2.45, 2.75) is 32.2 Å². The molecule has 0 saturated heterocycles. The van der Waals surface area contributed by atoms with Crippen LogP contribution in [0.25, 0.3) is 0 Å². The van der Waals surface area contributed by atoms with E-state index in [0.29, 0.717) is 19.3 Å². The summed E-state index contributed by atoms with van der Waals surface area (Å²) in [4.78, 5) is 11.7. The Balaban J connectivity index is 0.00000361. The minimum absolute atomic E-state index is 0. The molecule has 20 heavy (non-hydrogen) atoms. The van der Waals surface area contributed by atoms with Crippen molar-refractivity contribution >= 4 is 18.3 Å². The predicted molar refractivity (Wildman–Crippen MR) is 77.9 cm³/mol. The molecule has 0 aromatic heterocycles. The normalized spacial score (nSPS) is 11.6. The van der Waals surface area contributed by atoms with Gasteiger partial charge in [0.2, 0.25) is 5.91 Å². The molecule has 0 aliphatic carbocycles. The van der Waals surface area contributed by atoms with E-state index >= 15 is 0 Å². The molecule has 0 bridgehead atoms.